The van der Waals surface area contributed by atoms with Crippen LogP contribution in [0.5, 0.6) is 0 Å². The molecule has 158 valence electrons. The van der Waals surface area contributed by atoms with E-state index in [2.05, 4.69) is 21.7 Å². The molecular weight excluding hydrogens is 391 g/mol. The van der Waals surface area contributed by atoms with Crippen molar-refractivity contribution in [1.29, 1.82) is 0 Å². The van der Waals surface area contributed by atoms with Crippen molar-refractivity contribution in [3.8, 4) is 0 Å². The van der Waals surface area contributed by atoms with Gasteiger partial charge in [-0.05, 0) is 79.2 Å². The fourth-order valence-corrected chi connectivity index (χ4v) is 2.75. The normalized spacial score (nSPS) is 11.0. The van der Waals surface area contributed by atoms with Crippen molar-refractivity contribution in [2.45, 2.75) is 13.1 Å². The molecule has 0 unspecified atom stereocenters. The standard InChI is InChI=1S/C22H24F3N5/c1-15-14-19(28-26-18-8-11-20(12-9-18)30(2)3)10-13-21(15)29-27-17-6-4-16(5-7-17)22(23,24)25/h4-14,26-29H,1-3H3. The highest BCUT2D eigenvalue weighted by atomic mass is 19.4. The molecule has 0 spiro atoms. The quantitative estimate of drug-likeness (QED) is 0.359. The fraction of sp³-hybridized carbons (Fsp3) is 0.182. The molecule has 4 N–H and O–H groups in total. The van der Waals surface area contributed by atoms with Crippen LogP contribution >= 0.6 is 0 Å². The lowest BCUT2D eigenvalue weighted by atomic mass is 10.2. The largest absolute Gasteiger partial charge is 0.416 e. The molecule has 0 amide bonds. The summed E-state index contributed by atoms with van der Waals surface area (Å²) in [5.41, 5.74) is 16.8. The van der Waals surface area contributed by atoms with E-state index in [0.717, 1.165) is 40.4 Å². The summed E-state index contributed by atoms with van der Waals surface area (Å²) in [4.78, 5) is 2.03. The van der Waals surface area contributed by atoms with Gasteiger partial charge >= 0.3 is 6.18 Å². The number of hydrogen-bond donors (Lipinski definition) is 4. The number of nitrogens with zero attached hydrogens (tertiary/aromatic N) is 1. The molecule has 0 heterocycles. The summed E-state index contributed by atoms with van der Waals surface area (Å²) in [5, 5.41) is 0. The van der Waals surface area contributed by atoms with Crippen LogP contribution < -0.4 is 26.6 Å². The zero-order chi connectivity index (χ0) is 21.7. The molecule has 3 rings (SSSR count). The Labute approximate surface area is 173 Å². The molecule has 0 radical (unpaired) electrons. The molecule has 0 atom stereocenters. The third-order valence-corrected chi connectivity index (χ3v) is 4.52. The molecule has 0 bridgehead atoms. The minimum absolute atomic E-state index is 0.535. The number of alkyl halides is 3. The molecule has 0 saturated heterocycles. The Balaban J connectivity index is 1.56. The summed E-state index contributed by atoms with van der Waals surface area (Å²) in [6.45, 7) is 1.94. The van der Waals surface area contributed by atoms with Gasteiger partial charge in [-0.25, -0.2) is 0 Å². The number of rotatable bonds is 7. The summed E-state index contributed by atoms with van der Waals surface area (Å²) >= 11 is 0. The maximum Gasteiger partial charge on any atom is 0.416 e. The first-order chi connectivity index (χ1) is 14.2. The highest BCUT2D eigenvalue weighted by molar-refractivity contribution is 5.64. The van der Waals surface area contributed by atoms with Crippen LogP contribution in [0.25, 0.3) is 0 Å². The molecule has 0 aliphatic rings. The number of aryl methyl sites for hydroxylation is 1. The third kappa shape index (κ3) is 5.50. The van der Waals surface area contributed by atoms with Gasteiger partial charge in [0.2, 0.25) is 0 Å². The molecular formula is C22H24F3N5. The van der Waals surface area contributed by atoms with E-state index in [9.17, 15) is 13.2 Å². The smallest absolute Gasteiger partial charge is 0.378 e. The van der Waals surface area contributed by atoms with Crippen LogP contribution in [0, 0.1) is 6.92 Å². The Morgan fingerprint density at radius 2 is 1.17 bits per heavy atom. The van der Waals surface area contributed by atoms with Gasteiger partial charge in [0.25, 0.3) is 0 Å². The van der Waals surface area contributed by atoms with Gasteiger partial charge in [0.05, 0.1) is 28.3 Å². The van der Waals surface area contributed by atoms with E-state index in [1.807, 2.05) is 68.4 Å². The first-order valence-corrected chi connectivity index (χ1v) is 9.32. The van der Waals surface area contributed by atoms with Crippen molar-refractivity contribution < 1.29 is 13.2 Å². The first-order valence-electron chi connectivity index (χ1n) is 9.32. The highest BCUT2D eigenvalue weighted by Gasteiger charge is 2.29. The summed E-state index contributed by atoms with van der Waals surface area (Å²) in [6, 6.07) is 18.6. The van der Waals surface area contributed by atoms with Crippen molar-refractivity contribution in [2.75, 3.05) is 40.7 Å². The SMILES string of the molecule is Cc1cc(NNc2ccc(N(C)C)cc2)ccc1NNc1ccc(C(F)(F)F)cc1. The lowest BCUT2D eigenvalue weighted by molar-refractivity contribution is -0.137. The van der Waals surface area contributed by atoms with E-state index >= 15 is 0 Å². The van der Waals surface area contributed by atoms with Crippen molar-refractivity contribution in [1.82, 2.24) is 0 Å². The Hall–Kier alpha value is -3.55. The van der Waals surface area contributed by atoms with Crippen molar-refractivity contribution in [3.05, 3.63) is 77.9 Å². The second-order valence-electron chi connectivity index (χ2n) is 7.05. The minimum Gasteiger partial charge on any atom is -0.378 e. The molecule has 3 aromatic rings. The second kappa shape index (κ2) is 8.86. The Bertz CT molecular complexity index is 968. The number of nitrogens with one attached hydrogen (secondary N) is 4. The number of benzene rings is 3. The zero-order valence-corrected chi connectivity index (χ0v) is 16.9. The molecule has 0 fully saturated rings. The van der Waals surface area contributed by atoms with Crippen molar-refractivity contribution >= 4 is 28.4 Å². The number of hydrazine groups is 2. The van der Waals surface area contributed by atoms with E-state index in [4.69, 9.17) is 0 Å². The Morgan fingerprint density at radius 1 is 0.667 bits per heavy atom. The van der Waals surface area contributed by atoms with E-state index in [1.54, 1.807) is 0 Å². The monoisotopic (exact) mass is 415 g/mol. The number of anilines is 5. The van der Waals surface area contributed by atoms with Crippen LogP contribution in [0.4, 0.5) is 41.6 Å². The van der Waals surface area contributed by atoms with Crippen LogP contribution in [-0.4, -0.2) is 14.1 Å². The lowest BCUT2D eigenvalue weighted by Gasteiger charge is -2.16. The van der Waals surface area contributed by atoms with Gasteiger partial charge < -0.3 is 26.6 Å². The molecule has 0 aromatic heterocycles. The highest BCUT2D eigenvalue weighted by Crippen LogP contribution is 2.30. The summed E-state index contributed by atoms with van der Waals surface area (Å²) in [7, 11) is 3.98. The Kier molecular flexibility index (Phi) is 6.25. The third-order valence-electron chi connectivity index (χ3n) is 4.52. The molecule has 0 aliphatic heterocycles. The predicted molar refractivity (Wildman–Crippen MR) is 118 cm³/mol. The maximum absolute atomic E-state index is 12.6. The average Bonchev–Trinajstić information content (AvgIpc) is 2.71. The molecule has 8 heteroatoms. The second-order valence-corrected chi connectivity index (χ2v) is 7.05. The van der Waals surface area contributed by atoms with Gasteiger partial charge in [0, 0.05) is 19.8 Å². The first kappa shape index (κ1) is 21.2. The van der Waals surface area contributed by atoms with Crippen LogP contribution in [0.1, 0.15) is 11.1 Å². The van der Waals surface area contributed by atoms with Gasteiger partial charge in [-0.2, -0.15) is 13.2 Å². The predicted octanol–water partition coefficient (Wildman–Crippen LogP) is 5.96. The van der Waals surface area contributed by atoms with Gasteiger partial charge in [-0.3, -0.25) is 0 Å². The Morgan fingerprint density at radius 3 is 1.70 bits per heavy atom. The summed E-state index contributed by atoms with van der Waals surface area (Å²) < 4.78 is 37.9. The minimum atomic E-state index is -4.34. The zero-order valence-electron chi connectivity index (χ0n) is 16.9. The number of hydrogen-bond acceptors (Lipinski definition) is 5. The molecule has 5 nitrogen and oxygen atoms in total. The summed E-state index contributed by atoms with van der Waals surface area (Å²) in [6.07, 6.45) is -4.34. The van der Waals surface area contributed by atoms with Crippen molar-refractivity contribution in [3.63, 3.8) is 0 Å². The van der Waals surface area contributed by atoms with E-state index in [-0.39, 0.29) is 0 Å². The van der Waals surface area contributed by atoms with Gasteiger partial charge in [0.1, 0.15) is 0 Å². The van der Waals surface area contributed by atoms with Crippen LogP contribution in [0.2, 0.25) is 0 Å². The molecule has 3 aromatic carbocycles. The fourth-order valence-electron chi connectivity index (χ4n) is 2.75. The summed E-state index contributed by atoms with van der Waals surface area (Å²) in [5.74, 6) is 0. The van der Waals surface area contributed by atoms with Crippen LogP contribution in [0.3, 0.4) is 0 Å². The van der Waals surface area contributed by atoms with Crippen LogP contribution in [-0.2, 0) is 6.18 Å². The molecule has 30 heavy (non-hydrogen) atoms. The topological polar surface area (TPSA) is 51.4 Å². The molecule has 0 aliphatic carbocycles. The van der Waals surface area contributed by atoms with E-state index in [1.165, 1.54) is 12.1 Å². The van der Waals surface area contributed by atoms with Gasteiger partial charge in [0.15, 0.2) is 0 Å². The number of halogens is 3. The molecule has 0 saturated carbocycles. The lowest BCUT2D eigenvalue weighted by Crippen LogP contribution is -2.12. The van der Waals surface area contributed by atoms with E-state index < -0.39 is 11.7 Å². The van der Waals surface area contributed by atoms with Gasteiger partial charge in [-0.1, -0.05) is 0 Å². The van der Waals surface area contributed by atoms with Gasteiger partial charge in [-0.15, -0.1) is 0 Å². The van der Waals surface area contributed by atoms with Crippen molar-refractivity contribution in [2.24, 2.45) is 0 Å². The average molecular weight is 415 g/mol. The van der Waals surface area contributed by atoms with Crippen LogP contribution in [0.15, 0.2) is 66.7 Å². The maximum atomic E-state index is 12.6. The van der Waals surface area contributed by atoms with E-state index in [0.29, 0.717) is 5.69 Å².